The van der Waals surface area contributed by atoms with E-state index in [2.05, 4.69) is 10.9 Å². The number of ether oxygens (including phenoxy) is 1. The highest BCUT2D eigenvalue weighted by molar-refractivity contribution is 5.90. The second-order valence-corrected chi connectivity index (χ2v) is 4.23. The lowest BCUT2D eigenvalue weighted by molar-refractivity contribution is 0.0871. The van der Waals surface area contributed by atoms with Gasteiger partial charge >= 0.3 is 6.09 Å². The first kappa shape index (κ1) is 10.5. The van der Waals surface area contributed by atoms with E-state index >= 15 is 0 Å². The summed E-state index contributed by atoms with van der Waals surface area (Å²) in [5.74, 6) is 3.00. The van der Waals surface area contributed by atoms with Crippen molar-refractivity contribution in [3.8, 4) is 12.3 Å². The summed E-state index contributed by atoms with van der Waals surface area (Å²) in [6.07, 6.45) is 6.57. The number of anilines is 1. The van der Waals surface area contributed by atoms with Crippen LogP contribution in [0.25, 0.3) is 0 Å². The van der Waals surface area contributed by atoms with E-state index < -0.39 is 11.7 Å². The number of cyclic esters (lactones) is 1. The molecule has 1 fully saturated rings. The quantitative estimate of drug-likeness (QED) is 0.672. The van der Waals surface area contributed by atoms with Crippen molar-refractivity contribution in [1.29, 1.82) is 0 Å². The molecule has 82 valence electrons. The number of pyridine rings is 1. The van der Waals surface area contributed by atoms with E-state index in [0.717, 1.165) is 0 Å². The predicted molar refractivity (Wildman–Crippen MR) is 60.1 cm³/mol. The maximum absolute atomic E-state index is 11.7. The number of nitrogens with zero attached hydrogens (tertiary/aromatic N) is 2. The van der Waals surface area contributed by atoms with Crippen molar-refractivity contribution in [3.05, 3.63) is 23.9 Å². The highest BCUT2D eigenvalue weighted by Gasteiger charge is 2.39. The van der Waals surface area contributed by atoms with Crippen molar-refractivity contribution in [2.45, 2.75) is 19.4 Å². The maximum atomic E-state index is 11.7. The first-order chi connectivity index (χ1) is 7.53. The number of terminal acetylenes is 1. The van der Waals surface area contributed by atoms with Gasteiger partial charge in [-0.2, -0.15) is 0 Å². The molecule has 16 heavy (non-hydrogen) atoms. The molecule has 1 saturated heterocycles. The Morgan fingerprint density at radius 3 is 2.94 bits per heavy atom. The topological polar surface area (TPSA) is 42.4 Å². The lowest BCUT2D eigenvalue weighted by Crippen LogP contribution is -2.29. The van der Waals surface area contributed by atoms with Crippen LogP contribution in [0.4, 0.5) is 10.6 Å². The van der Waals surface area contributed by atoms with Crippen molar-refractivity contribution in [2.24, 2.45) is 0 Å². The smallest absolute Gasteiger partial charge is 0.416 e. The summed E-state index contributed by atoms with van der Waals surface area (Å²) in [5, 5.41) is 0. The molecule has 2 rings (SSSR count). The molecule has 1 aliphatic rings. The van der Waals surface area contributed by atoms with Crippen LogP contribution < -0.4 is 4.90 Å². The fraction of sp³-hybridized carbons (Fsp3) is 0.333. The average molecular weight is 216 g/mol. The Balaban J connectivity index is 2.40. The zero-order valence-corrected chi connectivity index (χ0v) is 9.23. The van der Waals surface area contributed by atoms with Gasteiger partial charge in [-0.25, -0.2) is 9.78 Å². The predicted octanol–water partition coefficient (Wildman–Crippen LogP) is 1.80. The van der Waals surface area contributed by atoms with Crippen molar-refractivity contribution < 1.29 is 9.53 Å². The Labute approximate surface area is 94.2 Å². The second kappa shape index (κ2) is 3.53. The van der Waals surface area contributed by atoms with Crippen molar-refractivity contribution in [1.82, 2.24) is 4.98 Å². The van der Waals surface area contributed by atoms with Crippen molar-refractivity contribution in [2.75, 3.05) is 11.4 Å². The zero-order valence-electron chi connectivity index (χ0n) is 9.23. The van der Waals surface area contributed by atoms with Crippen LogP contribution in [0.15, 0.2) is 18.3 Å². The minimum absolute atomic E-state index is 0.403. The summed E-state index contributed by atoms with van der Waals surface area (Å²) in [7, 11) is 0. The van der Waals surface area contributed by atoms with Crippen LogP contribution in [0.2, 0.25) is 0 Å². The van der Waals surface area contributed by atoms with Crippen LogP contribution in [0.3, 0.4) is 0 Å². The van der Waals surface area contributed by atoms with Crippen LogP contribution in [0, 0.1) is 12.3 Å². The molecule has 2 heterocycles. The average Bonchev–Trinajstić information content (AvgIpc) is 2.52. The Morgan fingerprint density at radius 1 is 1.62 bits per heavy atom. The Hall–Kier alpha value is -2.02. The van der Waals surface area contributed by atoms with Gasteiger partial charge in [-0.05, 0) is 26.0 Å². The van der Waals surface area contributed by atoms with E-state index in [4.69, 9.17) is 11.2 Å². The lowest BCUT2D eigenvalue weighted by Gasteiger charge is -2.15. The number of aromatic nitrogens is 1. The number of amides is 1. The van der Waals surface area contributed by atoms with Crippen molar-refractivity contribution in [3.63, 3.8) is 0 Å². The third-order valence-corrected chi connectivity index (χ3v) is 2.32. The fourth-order valence-corrected chi connectivity index (χ4v) is 1.66. The highest BCUT2D eigenvalue weighted by atomic mass is 16.6. The van der Waals surface area contributed by atoms with Gasteiger partial charge in [-0.1, -0.05) is 5.92 Å². The molecule has 0 radical (unpaired) electrons. The van der Waals surface area contributed by atoms with E-state index in [1.807, 2.05) is 13.8 Å². The van der Waals surface area contributed by atoms with E-state index in [1.54, 1.807) is 18.3 Å². The molecule has 4 heteroatoms. The SMILES string of the molecule is C#Cc1cccnc1N1CC(C)(C)OC1=O. The molecule has 0 spiro atoms. The molecule has 4 nitrogen and oxygen atoms in total. The summed E-state index contributed by atoms with van der Waals surface area (Å²) in [4.78, 5) is 17.3. The largest absolute Gasteiger partial charge is 0.441 e. The van der Waals surface area contributed by atoms with Gasteiger partial charge in [-0.15, -0.1) is 6.42 Å². The summed E-state index contributed by atoms with van der Waals surface area (Å²) in [6, 6.07) is 3.49. The van der Waals surface area contributed by atoms with E-state index in [0.29, 0.717) is 17.9 Å². The molecule has 0 N–H and O–H groups in total. The number of hydrogen-bond donors (Lipinski definition) is 0. The second-order valence-electron chi connectivity index (χ2n) is 4.23. The van der Waals surface area contributed by atoms with Gasteiger partial charge in [0.05, 0.1) is 12.1 Å². The maximum Gasteiger partial charge on any atom is 0.416 e. The fourth-order valence-electron chi connectivity index (χ4n) is 1.66. The van der Waals surface area contributed by atoms with Crippen LogP contribution in [0.5, 0.6) is 0 Å². The summed E-state index contributed by atoms with van der Waals surface area (Å²) < 4.78 is 5.19. The monoisotopic (exact) mass is 216 g/mol. The van der Waals surface area contributed by atoms with Crippen LogP contribution in [-0.2, 0) is 4.74 Å². The number of hydrogen-bond acceptors (Lipinski definition) is 3. The molecular formula is C12H12N2O2. The molecule has 1 amide bonds. The molecule has 0 bridgehead atoms. The van der Waals surface area contributed by atoms with Gasteiger partial charge in [0.1, 0.15) is 5.60 Å². The highest BCUT2D eigenvalue weighted by Crippen LogP contribution is 2.27. The minimum atomic E-state index is -0.500. The Kier molecular flexibility index (Phi) is 2.31. The molecule has 1 aromatic rings. The Morgan fingerprint density at radius 2 is 2.38 bits per heavy atom. The van der Waals surface area contributed by atoms with Gasteiger partial charge in [0.25, 0.3) is 0 Å². The normalized spacial score (nSPS) is 18.1. The van der Waals surface area contributed by atoms with Crippen LogP contribution in [-0.4, -0.2) is 23.2 Å². The number of carbonyl (C=O) groups is 1. The van der Waals surface area contributed by atoms with E-state index in [1.165, 1.54) is 4.90 Å². The molecule has 0 saturated carbocycles. The molecular weight excluding hydrogens is 204 g/mol. The molecule has 1 aromatic heterocycles. The first-order valence-electron chi connectivity index (χ1n) is 4.96. The summed E-state index contributed by atoms with van der Waals surface area (Å²) in [6.45, 7) is 4.16. The standard InChI is InChI=1S/C12H12N2O2/c1-4-9-6-5-7-13-10(9)14-8-12(2,3)16-11(14)15/h1,5-7H,8H2,2-3H3. The first-order valence-corrected chi connectivity index (χ1v) is 4.96. The Bertz CT molecular complexity index is 474. The van der Waals surface area contributed by atoms with E-state index in [9.17, 15) is 4.79 Å². The summed E-state index contributed by atoms with van der Waals surface area (Å²) in [5.41, 5.74) is 0.0951. The summed E-state index contributed by atoms with van der Waals surface area (Å²) >= 11 is 0. The van der Waals surface area contributed by atoms with Gasteiger partial charge in [-0.3, -0.25) is 4.90 Å². The molecule has 0 aliphatic carbocycles. The minimum Gasteiger partial charge on any atom is -0.441 e. The molecule has 0 atom stereocenters. The van der Waals surface area contributed by atoms with Crippen LogP contribution in [0.1, 0.15) is 19.4 Å². The third kappa shape index (κ3) is 1.72. The molecule has 1 aliphatic heterocycles. The third-order valence-electron chi connectivity index (χ3n) is 2.32. The molecule has 0 unspecified atom stereocenters. The van der Waals surface area contributed by atoms with Crippen molar-refractivity contribution >= 4 is 11.9 Å². The number of rotatable bonds is 1. The van der Waals surface area contributed by atoms with Crippen LogP contribution >= 0.6 is 0 Å². The van der Waals surface area contributed by atoms with Gasteiger partial charge in [0, 0.05) is 6.20 Å². The van der Waals surface area contributed by atoms with E-state index in [-0.39, 0.29) is 0 Å². The van der Waals surface area contributed by atoms with Gasteiger partial charge in [0.2, 0.25) is 0 Å². The number of carbonyl (C=O) groups excluding carboxylic acids is 1. The molecule has 0 aromatic carbocycles. The lowest BCUT2D eigenvalue weighted by atomic mass is 10.1. The van der Waals surface area contributed by atoms with Gasteiger partial charge in [0.15, 0.2) is 5.82 Å². The van der Waals surface area contributed by atoms with Gasteiger partial charge < -0.3 is 4.74 Å². The zero-order chi connectivity index (χ0) is 11.8.